The van der Waals surface area contributed by atoms with Crippen LogP contribution < -0.4 is 14.5 Å². The van der Waals surface area contributed by atoms with Crippen molar-refractivity contribution in [3.8, 4) is 5.75 Å². The van der Waals surface area contributed by atoms with Gasteiger partial charge < -0.3 is 9.64 Å². The predicted molar refractivity (Wildman–Crippen MR) is 133 cm³/mol. The number of nitro benzene ring substituents is 1. The quantitative estimate of drug-likeness (QED) is 0.150. The van der Waals surface area contributed by atoms with E-state index in [9.17, 15) is 29.3 Å². The molecule has 0 N–H and O–H groups in total. The zero-order valence-electron chi connectivity index (χ0n) is 20.1. The molecule has 2 saturated carbocycles. The molecular formula is C28H23N3O7. The molecule has 0 spiro atoms. The Bertz CT molecular complexity index is 1410. The van der Waals surface area contributed by atoms with Gasteiger partial charge in [0.2, 0.25) is 17.7 Å². The number of carbonyl (C=O) groups is 4. The monoisotopic (exact) mass is 513 g/mol. The summed E-state index contributed by atoms with van der Waals surface area (Å²) in [5.74, 6) is -1.18. The van der Waals surface area contributed by atoms with Crippen LogP contribution in [0.2, 0.25) is 0 Å². The van der Waals surface area contributed by atoms with Gasteiger partial charge in [-0.15, -0.1) is 0 Å². The van der Waals surface area contributed by atoms with E-state index in [1.807, 2.05) is 0 Å². The summed E-state index contributed by atoms with van der Waals surface area (Å²) in [7, 11) is 0. The van der Waals surface area contributed by atoms with Gasteiger partial charge >= 0.3 is 5.97 Å². The normalized spacial score (nSPS) is 32.4. The molecule has 6 aliphatic rings. The number of anilines is 2. The molecule has 2 aliphatic heterocycles. The van der Waals surface area contributed by atoms with Gasteiger partial charge in [-0.2, -0.15) is 0 Å². The molecule has 2 bridgehead atoms. The Morgan fingerprint density at radius 1 is 0.921 bits per heavy atom. The Balaban J connectivity index is 1.06. The number of carbonyl (C=O) groups excluding carboxylic acids is 4. The molecule has 2 heterocycles. The Morgan fingerprint density at radius 2 is 1.58 bits per heavy atom. The minimum Gasteiger partial charge on any atom is -0.426 e. The first-order chi connectivity index (χ1) is 18.3. The molecule has 192 valence electrons. The van der Waals surface area contributed by atoms with Crippen LogP contribution >= 0.6 is 0 Å². The van der Waals surface area contributed by atoms with E-state index >= 15 is 0 Å². The van der Waals surface area contributed by atoms with E-state index in [2.05, 4.69) is 12.2 Å². The van der Waals surface area contributed by atoms with Crippen LogP contribution in [0, 0.1) is 51.5 Å². The van der Waals surface area contributed by atoms with Crippen molar-refractivity contribution in [2.24, 2.45) is 41.4 Å². The highest BCUT2D eigenvalue weighted by atomic mass is 16.6. The Kier molecular flexibility index (Phi) is 4.85. The number of esters is 1. The van der Waals surface area contributed by atoms with Crippen molar-refractivity contribution in [3.05, 3.63) is 70.8 Å². The van der Waals surface area contributed by atoms with Gasteiger partial charge in [-0.05, 0) is 54.4 Å². The van der Waals surface area contributed by atoms with Gasteiger partial charge in [0.05, 0.1) is 28.4 Å². The maximum Gasteiger partial charge on any atom is 0.316 e. The number of imide groups is 1. The molecule has 10 nitrogen and oxygen atoms in total. The van der Waals surface area contributed by atoms with Crippen LogP contribution in [0.1, 0.15) is 12.8 Å². The van der Waals surface area contributed by atoms with E-state index in [0.717, 1.165) is 6.42 Å². The van der Waals surface area contributed by atoms with Crippen molar-refractivity contribution < 1.29 is 28.8 Å². The van der Waals surface area contributed by atoms with Crippen LogP contribution in [0.5, 0.6) is 5.75 Å². The largest absolute Gasteiger partial charge is 0.426 e. The van der Waals surface area contributed by atoms with E-state index in [4.69, 9.17) is 4.74 Å². The number of benzene rings is 2. The molecule has 38 heavy (non-hydrogen) atoms. The van der Waals surface area contributed by atoms with Crippen LogP contribution in [-0.2, 0) is 19.2 Å². The second kappa shape index (κ2) is 8.08. The standard InChI is InChI=1S/C28H23N3O7/c32-23-10-14(13-29(23)15-4-6-16(7-5-15)31(36)37)28(35)38-18-3-1-2-17(11-18)30-26(33)24-19-8-9-20(22-12-21(19)22)25(24)27(30)34/h1-9,11,14,19-22,24-25H,10,12-13H2/t14-,19-,20-,21-,22+,24-,25+/m0/s1. The summed E-state index contributed by atoms with van der Waals surface area (Å²) in [4.78, 5) is 65.3. The van der Waals surface area contributed by atoms with Crippen molar-refractivity contribution in [3.63, 3.8) is 0 Å². The lowest BCUT2D eigenvalue weighted by Gasteiger charge is -2.37. The predicted octanol–water partition coefficient (Wildman–Crippen LogP) is 3.11. The number of allylic oxidation sites excluding steroid dienone is 2. The molecule has 0 aromatic heterocycles. The number of non-ortho nitro benzene ring substituents is 1. The highest BCUT2D eigenvalue weighted by Gasteiger charge is 2.67. The Hall–Kier alpha value is -4.34. The lowest BCUT2D eigenvalue weighted by molar-refractivity contribution is -0.384. The van der Waals surface area contributed by atoms with Crippen LogP contribution in [0.15, 0.2) is 60.7 Å². The summed E-state index contributed by atoms with van der Waals surface area (Å²) in [6.07, 6.45) is 5.28. The number of hydrogen-bond acceptors (Lipinski definition) is 7. The smallest absolute Gasteiger partial charge is 0.316 e. The minimum absolute atomic E-state index is 0.0555. The second-order valence-corrected chi connectivity index (χ2v) is 10.8. The van der Waals surface area contributed by atoms with E-state index < -0.39 is 16.8 Å². The molecule has 4 aliphatic carbocycles. The fraction of sp³-hybridized carbons (Fsp3) is 0.357. The molecule has 7 atom stereocenters. The van der Waals surface area contributed by atoms with Crippen LogP contribution in [0.25, 0.3) is 0 Å². The average molecular weight is 514 g/mol. The third kappa shape index (κ3) is 3.32. The molecule has 4 fully saturated rings. The van der Waals surface area contributed by atoms with Gasteiger partial charge in [-0.25, -0.2) is 4.90 Å². The summed E-state index contributed by atoms with van der Waals surface area (Å²) >= 11 is 0. The first kappa shape index (κ1) is 22.8. The molecule has 2 aromatic rings. The number of ether oxygens (including phenoxy) is 1. The van der Waals surface area contributed by atoms with Gasteiger partial charge in [-0.3, -0.25) is 29.3 Å². The molecule has 0 unspecified atom stereocenters. The molecule has 2 aromatic carbocycles. The van der Waals surface area contributed by atoms with Gasteiger partial charge in [0.1, 0.15) is 5.75 Å². The van der Waals surface area contributed by atoms with Crippen molar-refractivity contribution in [1.29, 1.82) is 0 Å². The van der Waals surface area contributed by atoms with E-state index in [-0.39, 0.29) is 65.8 Å². The van der Waals surface area contributed by atoms with Crippen LogP contribution in [0.4, 0.5) is 17.1 Å². The molecular weight excluding hydrogens is 490 g/mol. The SMILES string of the molecule is O=C(Oc1cccc(N2C(=O)[C@@H]3[C@H]4C=C[C@@H]([C@@H]5C[C@H]45)[C@@H]3C2=O)c1)[C@H]1CC(=O)N(c2ccc([N+](=O)[O-])cc2)C1. The van der Waals surface area contributed by atoms with Gasteiger partial charge in [0.15, 0.2) is 0 Å². The van der Waals surface area contributed by atoms with Crippen molar-refractivity contribution in [2.75, 3.05) is 16.3 Å². The molecule has 10 heteroatoms. The van der Waals surface area contributed by atoms with E-state index in [1.54, 1.807) is 18.2 Å². The second-order valence-electron chi connectivity index (χ2n) is 10.8. The summed E-state index contributed by atoms with van der Waals surface area (Å²) < 4.78 is 5.58. The van der Waals surface area contributed by atoms with Gasteiger partial charge in [0.25, 0.3) is 5.69 Å². The maximum atomic E-state index is 13.4. The van der Waals surface area contributed by atoms with Gasteiger partial charge in [0, 0.05) is 36.9 Å². The van der Waals surface area contributed by atoms with Crippen molar-refractivity contribution in [1.82, 2.24) is 0 Å². The zero-order chi connectivity index (χ0) is 26.3. The Labute approximate surface area is 217 Å². The lowest BCUT2D eigenvalue weighted by atomic mass is 9.63. The Morgan fingerprint density at radius 3 is 2.21 bits per heavy atom. The highest BCUT2D eigenvalue weighted by Crippen LogP contribution is 2.65. The summed E-state index contributed by atoms with van der Waals surface area (Å²) in [5, 5.41) is 10.9. The first-order valence-corrected chi connectivity index (χ1v) is 12.7. The maximum absolute atomic E-state index is 13.4. The van der Waals surface area contributed by atoms with Crippen molar-refractivity contribution in [2.45, 2.75) is 12.8 Å². The fourth-order valence-electron chi connectivity index (χ4n) is 6.97. The highest BCUT2D eigenvalue weighted by molar-refractivity contribution is 6.22. The topological polar surface area (TPSA) is 127 Å². The third-order valence-corrected chi connectivity index (χ3v) is 8.79. The zero-order valence-corrected chi connectivity index (χ0v) is 20.1. The molecule has 8 rings (SSSR count). The number of rotatable bonds is 5. The summed E-state index contributed by atoms with van der Waals surface area (Å²) in [6, 6.07) is 11.9. The van der Waals surface area contributed by atoms with Crippen LogP contribution in [-0.4, -0.2) is 35.2 Å². The number of hydrogen-bond donors (Lipinski definition) is 0. The van der Waals surface area contributed by atoms with Gasteiger partial charge in [-0.1, -0.05) is 18.2 Å². The summed E-state index contributed by atoms with van der Waals surface area (Å²) in [6.45, 7) is 0.0831. The van der Waals surface area contributed by atoms with Crippen molar-refractivity contribution >= 4 is 40.8 Å². The number of amides is 3. The lowest BCUT2D eigenvalue weighted by Crippen LogP contribution is -2.40. The third-order valence-electron chi connectivity index (χ3n) is 8.79. The number of nitrogens with zero attached hydrogens (tertiary/aromatic N) is 3. The van der Waals surface area contributed by atoms with Crippen LogP contribution in [0.3, 0.4) is 0 Å². The van der Waals surface area contributed by atoms with E-state index in [0.29, 0.717) is 23.2 Å². The molecule has 3 amide bonds. The minimum atomic E-state index is -0.729. The van der Waals surface area contributed by atoms with E-state index in [1.165, 1.54) is 40.1 Å². The fourth-order valence-corrected chi connectivity index (χ4v) is 6.97. The molecule has 0 radical (unpaired) electrons. The number of nitro groups is 1. The summed E-state index contributed by atoms with van der Waals surface area (Å²) in [5.41, 5.74) is 0.750. The molecule has 2 saturated heterocycles. The first-order valence-electron chi connectivity index (χ1n) is 12.7. The average Bonchev–Trinajstić information content (AvgIpc) is 3.59.